The molecule has 4 saturated carbocycles. The van der Waals surface area contributed by atoms with Crippen molar-refractivity contribution < 1.29 is 24.2 Å². The van der Waals surface area contributed by atoms with Gasteiger partial charge in [0.15, 0.2) is 0 Å². The highest BCUT2D eigenvalue weighted by Crippen LogP contribution is 2.74. The first-order valence-corrected chi connectivity index (χ1v) is 13.2. The molecule has 2 bridgehead atoms. The summed E-state index contributed by atoms with van der Waals surface area (Å²) >= 11 is 0. The molecule has 34 heavy (non-hydrogen) atoms. The zero-order valence-corrected chi connectivity index (χ0v) is 21.2. The highest BCUT2D eigenvalue weighted by Gasteiger charge is 2.68. The number of fused-ring (bicyclic) bond motifs is 3. The number of benzene rings is 1. The number of carbonyl (C=O) groups excluding carboxylic acids is 2. The van der Waals surface area contributed by atoms with Crippen molar-refractivity contribution in [3.8, 4) is 5.75 Å². The number of carbonyl (C=O) groups is 2. The van der Waals surface area contributed by atoms with Crippen molar-refractivity contribution in [3.63, 3.8) is 0 Å². The summed E-state index contributed by atoms with van der Waals surface area (Å²) in [6.45, 7) is 9.27. The Labute approximate surface area is 203 Å². The predicted octanol–water partition coefficient (Wildman–Crippen LogP) is 6.28. The number of phenolic OH excluding ortho intramolecular Hbond substituents is 1. The summed E-state index contributed by atoms with van der Waals surface area (Å²) in [4.78, 5) is 26.1. The molecule has 0 aliphatic heterocycles. The summed E-state index contributed by atoms with van der Waals surface area (Å²) in [6, 6.07) is 6.33. The van der Waals surface area contributed by atoms with Gasteiger partial charge in [-0.15, -0.1) is 0 Å². The van der Waals surface area contributed by atoms with E-state index < -0.39 is 5.41 Å². The van der Waals surface area contributed by atoms with E-state index in [1.54, 1.807) is 12.1 Å². The normalized spacial score (nSPS) is 42.9. The summed E-state index contributed by atoms with van der Waals surface area (Å²) in [5.41, 5.74) is 0.408. The first kappa shape index (κ1) is 23.7. The van der Waals surface area contributed by atoms with Crippen molar-refractivity contribution in [2.45, 2.75) is 91.6 Å². The number of rotatable bonds is 4. The van der Waals surface area contributed by atoms with E-state index in [1.165, 1.54) is 18.6 Å². The number of ether oxygens (including phenoxy) is 2. The number of aromatic hydroxyl groups is 1. The van der Waals surface area contributed by atoms with Crippen LogP contribution in [0, 0.1) is 33.5 Å². The smallest absolute Gasteiger partial charge is 0.338 e. The van der Waals surface area contributed by atoms with Gasteiger partial charge in [0.25, 0.3) is 0 Å². The Hall–Kier alpha value is -2.04. The van der Waals surface area contributed by atoms with Gasteiger partial charge in [0, 0.05) is 5.41 Å². The van der Waals surface area contributed by atoms with Crippen molar-refractivity contribution in [1.29, 1.82) is 0 Å². The van der Waals surface area contributed by atoms with Gasteiger partial charge < -0.3 is 14.6 Å². The number of phenols is 1. The number of esters is 2. The van der Waals surface area contributed by atoms with Gasteiger partial charge in [-0.3, -0.25) is 4.79 Å². The number of hydrogen-bond acceptors (Lipinski definition) is 5. The van der Waals surface area contributed by atoms with Gasteiger partial charge >= 0.3 is 11.9 Å². The van der Waals surface area contributed by atoms with Gasteiger partial charge in [0.2, 0.25) is 0 Å². The summed E-state index contributed by atoms with van der Waals surface area (Å²) in [6.07, 6.45) is 9.50. The molecular weight excluding hydrogens is 428 g/mol. The molecule has 5 rings (SSSR count). The van der Waals surface area contributed by atoms with E-state index in [-0.39, 0.29) is 40.0 Å². The molecule has 5 heteroatoms. The van der Waals surface area contributed by atoms with Crippen LogP contribution in [0.15, 0.2) is 24.3 Å². The van der Waals surface area contributed by atoms with Crippen LogP contribution in [0.25, 0.3) is 0 Å². The number of hydrogen-bond donors (Lipinski definition) is 1. The molecule has 1 N–H and O–H groups in total. The van der Waals surface area contributed by atoms with Gasteiger partial charge in [-0.1, -0.05) is 20.3 Å². The Kier molecular flexibility index (Phi) is 5.57. The standard InChI is InChI=1S/C29H40O5/c1-5-33-25(32)28(4)14-6-13-27(3)21(28)12-16-29-17-23(26(2,18-29)15-11-22(27)29)34-24(31)19-7-9-20(30)10-8-19/h7-10,21-23,30H,5-6,11-18H2,1-4H3/t21-,22-,23+,26-,27+,28+,29-/m0/s1. The fraction of sp³-hybridized carbons (Fsp3) is 0.724. The van der Waals surface area contributed by atoms with Crippen LogP contribution in [-0.4, -0.2) is 29.8 Å². The topological polar surface area (TPSA) is 72.8 Å². The second-order valence-electron chi connectivity index (χ2n) is 12.5. The maximum absolute atomic E-state index is 13.1. The van der Waals surface area contributed by atoms with Crippen LogP contribution in [0.2, 0.25) is 0 Å². The molecule has 0 unspecified atom stereocenters. The summed E-state index contributed by atoms with van der Waals surface area (Å²) in [5.74, 6) is 0.757. The van der Waals surface area contributed by atoms with Crippen LogP contribution in [0.1, 0.15) is 95.8 Å². The van der Waals surface area contributed by atoms with Crippen molar-refractivity contribution in [3.05, 3.63) is 29.8 Å². The van der Waals surface area contributed by atoms with Crippen molar-refractivity contribution in [2.24, 2.45) is 33.5 Å². The maximum Gasteiger partial charge on any atom is 0.338 e. The molecule has 5 nitrogen and oxygen atoms in total. The molecule has 4 aliphatic carbocycles. The quantitative estimate of drug-likeness (QED) is 0.526. The molecule has 1 aromatic carbocycles. The van der Waals surface area contributed by atoms with E-state index in [9.17, 15) is 14.7 Å². The van der Waals surface area contributed by atoms with Crippen LogP contribution < -0.4 is 0 Å². The van der Waals surface area contributed by atoms with E-state index in [2.05, 4.69) is 20.8 Å². The molecular formula is C29H40O5. The third kappa shape index (κ3) is 3.40. The fourth-order valence-electron chi connectivity index (χ4n) is 9.22. The Morgan fingerprint density at radius 1 is 1.00 bits per heavy atom. The Balaban J connectivity index is 1.40. The fourth-order valence-corrected chi connectivity index (χ4v) is 9.22. The van der Waals surface area contributed by atoms with Gasteiger partial charge in [-0.25, -0.2) is 4.79 Å². The molecule has 0 radical (unpaired) electrons. The second-order valence-corrected chi connectivity index (χ2v) is 12.5. The van der Waals surface area contributed by atoms with Gasteiger partial charge in [-0.05, 0) is 112 Å². The predicted molar refractivity (Wildman–Crippen MR) is 129 cm³/mol. The molecule has 1 aromatic rings. The summed E-state index contributed by atoms with van der Waals surface area (Å²) < 4.78 is 11.8. The Morgan fingerprint density at radius 3 is 2.41 bits per heavy atom. The van der Waals surface area contributed by atoms with E-state index in [0.29, 0.717) is 24.0 Å². The monoisotopic (exact) mass is 468 g/mol. The molecule has 7 atom stereocenters. The summed E-state index contributed by atoms with van der Waals surface area (Å²) in [5, 5.41) is 9.55. The average molecular weight is 469 g/mol. The van der Waals surface area contributed by atoms with Crippen LogP contribution in [0.4, 0.5) is 0 Å². The Morgan fingerprint density at radius 2 is 1.71 bits per heavy atom. The van der Waals surface area contributed by atoms with Gasteiger partial charge in [-0.2, -0.15) is 0 Å². The van der Waals surface area contributed by atoms with Gasteiger partial charge in [0.05, 0.1) is 17.6 Å². The molecule has 4 fully saturated rings. The minimum atomic E-state index is -0.394. The average Bonchev–Trinajstić information content (AvgIpc) is 2.98. The lowest BCUT2D eigenvalue weighted by atomic mass is 9.40. The van der Waals surface area contributed by atoms with Crippen LogP contribution in [0.5, 0.6) is 5.75 Å². The molecule has 0 aromatic heterocycles. The maximum atomic E-state index is 13.1. The second kappa shape index (κ2) is 7.99. The van der Waals surface area contributed by atoms with Gasteiger partial charge in [0.1, 0.15) is 11.9 Å². The third-order valence-electron chi connectivity index (χ3n) is 10.7. The lowest BCUT2D eigenvalue weighted by molar-refractivity contribution is -0.187. The highest BCUT2D eigenvalue weighted by molar-refractivity contribution is 5.89. The largest absolute Gasteiger partial charge is 0.508 e. The molecule has 0 amide bonds. The zero-order chi connectivity index (χ0) is 24.4. The molecule has 0 saturated heterocycles. The van der Waals surface area contributed by atoms with Crippen molar-refractivity contribution >= 4 is 11.9 Å². The molecule has 186 valence electrons. The summed E-state index contributed by atoms with van der Waals surface area (Å²) in [7, 11) is 0. The van der Waals surface area contributed by atoms with Crippen molar-refractivity contribution in [1.82, 2.24) is 0 Å². The Bertz CT molecular complexity index is 971. The first-order valence-electron chi connectivity index (χ1n) is 13.2. The zero-order valence-electron chi connectivity index (χ0n) is 21.2. The molecule has 1 spiro atoms. The first-order chi connectivity index (χ1) is 16.1. The highest BCUT2D eigenvalue weighted by atomic mass is 16.5. The van der Waals surface area contributed by atoms with E-state index in [4.69, 9.17) is 9.47 Å². The molecule has 0 heterocycles. The van der Waals surface area contributed by atoms with Crippen LogP contribution >= 0.6 is 0 Å². The van der Waals surface area contributed by atoms with E-state index in [1.807, 2.05) is 6.92 Å². The van der Waals surface area contributed by atoms with Crippen LogP contribution in [-0.2, 0) is 14.3 Å². The minimum Gasteiger partial charge on any atom is -0.508 e. The van der Waals surface area contributed by atoms with E-state index in [0.717, 1.165) is 51.4 Å². The SMILES string of the molecule is CCOC(=O)[C@]1(C)CCC[C@@]2(C)[C@@H]3CC[C@@]4(C)C[C@]3(CC[C@@H]21)C[C@H]4OC(=O)c1ccc(O)cc1. The lowest BCUT2D eigenvalue weighted by Crippen LogP contribution is -2.58. The van der Waals surface area contributed by atoms with Crippen LogP contribution in [0.3, 0.4) is 0 Å². The molecule has 4 aliphatic rings. The third-order valence-corrected chi connectivity index (χ3v) is 10.7. The minimum absolute atomic E-state index is 0.00495. The van der Waals surface area contributed by atoms with E-state index >= 15 is 0 Å². The lowest BCUT2D eigenvalue weighted by Gasteiger charge is -2.64. The van der Waals surface area contributed by atoms with Crippen molar-refractivity contribution in [2.75, 3.05) is 6.61 Å².